The van der Waals surface area contributed by atoms with Crippen LogP contribution in [-0.2, 0) is 4.84 Å². The van der Waals surface area contributed by atoms with Crippen molar-refractivity contribution in [3.05, 3.63) is 42.8 Å². The Kier molecular flexibility index (Phi) is 1.48. The third kappa shape index (κ3) is 1.05. The van der Waals surface area contributed by atoms with Crippen LogP contribution in [0.3, 0.4) is 0 Å². The summed E-state index contributed by atoms with van der Waals surface area (Å²) >= 11 is 0. The van der Waals surface area contributed by atoms with Crippen LogP contribution in [-0.4, -0.2) is 0 Å². The van der Waals surface area contributed by atoms with Gasteiger partial charge in [0.25, 0.3) is 0 Å². The molecule has 2 heterocycles. The maximum Gasteiger partial charge on any atom is 0.217 e. The zero-order valence-electron chi connectivity index (χ0n) is 7.31. The van der Waals surface area contributed by atoms with E-state index in [1.807, 2.05) is 30.3 Å². The number of benzene rings is 1. The van der Waals surface area contributed by atoms with E-state index in [0.29, 0.717) is 5.88 Å². The van der Waals surface area contributed by atoms with Crippen molar-refractivity contribution in [3.63, 3.8) is 0 Å². The van der Waals surface area contributed by atoms with Crippen LogP contribution >= 0.6 is 0 Å². The zero-order chi connectivity index (χ0) is 9.38. The second kappa shape index (κ2) is 2.78. The molecule has 0 aliphatic carbocycles. The summed E-state index contributed by atoms with van der Waals surface area (Å²) in [5.74, 6) is 0.708. The van der Waals surface area contributed by atoms with Crippen molar-refractivity contribution in [2.24, 2.45) is 0 Å². The molecule has 14 heavy (non-hydrogen) atoms. The number of rotatable bonds is 1. The first-order valence-corrected chi connectivity index (χ1v) is 4.29. The summed E-state index contributed by atoms with van der Waals surface area (Å²) in [5.41, 5.74) is 3.53. The average molecular weight is 188 g/mol. The van der Waals surface area contributed by atoms with Crippen molar-refractivity contribution < 1.29 is 9.25 Å². The molecule has 0 saturated heterocycles. The molecule has 3 rings (SSSR count). The Morgan fingerprint density at radius 1 is 1.21 bits per heavy atom. The normalized spacial score (nSPS) is 15.0. The van der Waals surface area contributed by atoms with Crippen molar-refractivity contribution in [1.82, 2.24) is 5.59 Å². The Labute approximate surface area is 80.3 Å². The van der Waals surface area contributed by atoms with Crippen molar-refractivity contribution in [3.8, 4) is 0 Å². The molecule has 0 saturated carbocycles. The van der Waals surface area contributed by atoms with Gasteiger partial charge in [-0.25, -0.2) is 5.01 Å². The first kappa shape index (κ1) is 7.46. The van der Waals surface area contributed by atoms with Gasteiger partial charge < -0.3 is 9.25 Å². The minimum absolute atomic E-state index is 0.708. The first-order valence-electron chi connectivity index (χ1n) is 4.29. The Morgan fingerprint density at radius 3 is 2.93 bits per heavy atom. The number of nitrogens with zero attached hydrogens (tertiary/aromatic N) is 1. The van der Waals surface area contributed by atoms with Crippen molar-refractivity contribution in [1.29, 1.82) is 0 Å². The third-order valence-corrected chi connectivity index (χ3v) is 2.08. The highest BCUT2D eigenvalue weighted by molar-refractivity contribution is 5.81. The number of hydrogen-bond acceptors (Lipinski definition) is 4. The minimum Gasteiger partial charge on any atom is -0.439 e. The van der Waals surface area contributed by atoms with Gasteiger partial charge in [-0.1, -0.05) is 23.8 Å². The largest absolute Gasteiger partial charge is 0.439 e. The number of fused-ring (bicyclic) bond motifs is 1. The molecule has 1 aliphatic rings. The van der Waals surface area contributed by atoms with Crippen LogP contribution in [0.1, 0.15) is 0 Å². The van der Waals surface area contributed by atoms with Crippen LogP contribution in [0.5, 0.6) is 0 Å². The number of para-hydroxylation sites is 1. The number of nitrogens with one attached hydrogen (secondary N) is 1. The smallest absolute Gasteiger partial charge is 0.217 e. The maximum absolute atomic E-state index is 5.58. The van der Waals surface area contributed by atoms with Gasteiger partial charge in [0.1, 0.15) is 11.8 Å². The summed E-state index contributed by atoms with van der Waals surface area (Å²) in [6, 6.07) is 9.80. The molecule has 70 valence electrons. The summed E-state index contributed by atoms with van der Waals surface area (Å²) in [4.78, 5) is 4.84. The summed E-state index contributed by atoms with van der Waals surface area (Å²) < 4.78 is 5.58. The molecule has 0 radical (unpaired) electrons. The molecule has 1 aliphatic heterocycles. The molecule has 0 unspecified atom stereocenters. The highest BCUT2D eigenvalue weighted by Crippen LogP contribution is 2.25. The molecule has 2 aromatic rings. The van der Waals surface area contributed by atoms with Crippen molar-refractivity contribution >= 4 is 16.9 Å². The third-order valence-electron chi connectivity index (χ3n) is 2.08. The lowest BCUT2D eigenvalue weighted by Gasteiger charge is -2.08. The second-order valence-corrected chi connectivity index (χ2v) is 2.99. The fourth-order valence-corrected chi connectivity index (χ4v) is 1.41. The van der Waals surface area contributed by atoms with Crippen molar-refractivity contribution in [2.75, 3.05) is 5.01 Å². The lowest BCUT2D eigenvalue weighted by Crippen LogP contribution is -2.26. The summed E-state index contributed by atoms with van der Waals surface area (Å²) in [6.07, 6.45) is 3.30. The Balaban J connectivity index is 2.09. The fraction of sp³-hybridized carbons (Fsp3) is 0. The molecule has 1 aromatic heterocycles. The molecule has 4 heteroatoms. The average Bonchev–Trinajstić information content (AvgIpc) is 2.86. The van der Waals surface area contributed by atoms with Crippen LogP contribution in [0.4, 0.5) is 5.88 Å². The van der Waals surface area contributed by atoms with Gasteiger partial charge in [-0.05, 0) is 6.07 Å². The highest BCUT2D eigenvalue weighted by Gasteiger charge is 2.12. The van der Waals surface area contributed by atoms with E-state index in [1.165, 1.54) is 0 Å². The molecule has 0 atom stereocenters. The van der Waals surface area contributed by atoms with Crippen LogP contribution in [0.25, 0.3) is 11.0 Å². The molecule has 1 aromatic carbocycles. The first-order chi connectivity index (χ1) is 6.93. The van der Waals surface area contributed by atoms with Crippen LogP contribution in [0, 0.1) is 0 Å². The van der Waals surface area contributed by atoms with Gasteiger partial charge >= 0.3 is 0 Å². The Morgan fingerprint density at radius 2 is 2.14 bits per heavy atom. The summed E-state index contributed by atoms with van der Waals surface area (Å²) in [6.45, 7) is 0. The predicted octanol–water partition coefficient (Wildman–Crippen LogP) is 2.16. The molecule has 0 spiro atoms. The Hall–Kier alpha value is -1.94. The van der Waals surface area contributed by atoms with E-state index < -0.39 is 0 Å². The van der Waals surface area contributed by atoms with Gasteiger partial charge in [-0.3, -0.25) is 0 Å². The van der Waals surface area contributed by atoms with E-state index in [2.05, 4.69) is 5.59 Å². The molecule has 0 fully saturated rings. The highest BCUT2D eigenvalue weighted by atomic mass is 16.7. The number of hydrazine groups is 1. The van der Waals surface area contributed by atoms with E-state index >= 15 is 0 Å². The van der Waals surface area contributed by atoms with Gasteiger partial charge in [0.2, 0.25) is 5.88 Å². The van der Waals surface area contributed by atoms with Crippen molar-refractivity contribution in [2.45, 2.75) is 0 Å². The molecule has 0 bridgehead atoms. The lowest BCUT2D eigenvalue weighted by atomic mass is 10.3. The molecular weight excluding hydrogens is 180 g/mol. The van der Waals surface area contributed by atoms with E-state index in [4.69, 9.17) is 9.25 Å². The lowest BCUT2D eigenvalue weighted by molar-refractivity contribution is 0.155. The topological polar surface area (TPSA) is 37.6 Å². The minimum atomic E-state index is 0.708. The standard InChI is InChI=1S/C10H8N2O2/c1-2-4-9-8(3-1)7-10(14-9)12-5-6-13-11-12/h1-7,11H. The van der Waals surface area contributed by atoms with E-state index in [-0.39, 0.29) is 0 Å². The SMILES string of the molecule is C1=CN(c2cc3ccccc3o2)NO1. The Bertz CT molecular complexity index is 457. The fourth-order valence-electron chi connectivity index (χ4n) is 1.41. The summed E-state index contributed by atoms with van der Waals surface area (Å²) in [7, 11) is 0. The second-order valence-electron chi connectivity index (χ2n) is 2.99. The maximum atomic E-state index is 5.58. The molecule has 4 nitrogen and oxygen atoms in total. The van der Waals surface area contributed by atoms with Gasteiger partial charge in [-0.15, -0.1) is 0 Å². The number of furan rings is 1. The van der Waals surface area contributed by atoms with Gasteiger partial charge in [0, 0.05) is 11.5 Å². The van der Waals surface area contributed by atoms with Crippen LogP contribution in [0.15, 0.2) is 47.2 Å². The van der Waals surface area contributed by atoms with E-state index in [0.717, 1.165) is 11.0 Å². The monoisotopic (exact) mass is 188 g/mol. The molecule has 1 N–H and O–H groups in total. The van der Waals surface area contributed by atoms with Gasteiger partial charge in [-0.2, -0.15) is 0 Å². The number of anilines is 1. The van der Waals surface area contributed by atoms with E-state index in [9.17, 15) is 0 Å². The molecular formula is C10H8N2O2. The predicted molar refractivity (Wildman–Crippen MR) is 52.1 cm³/mol. The molecule has 0 amide bonds. The summed E-state index contributed by atoms with van der Waals surface area (Å²) in [5, 5.41) is 2.74. The van der Waals surface area contributed by atoms with Gasteiger partial charge in [0.15, 0.2) is 0 Å². The van der Waals surface area contributed by atoms with Crippen LogP contribution in [0.2, 0.25) is 0 Å². The quantitative estimate of drug-likeness (QED) is 0.744. The van der Waals surface area contributed by atoms with E-state index in [1.54, 1.807) is 17.5 Å². The zero-order valence-corrected chi connectivity index (χ0v) is 7.31. The number of hydrogen-bond donors (Lipinski definition) is 1. The van der Waals surface area contributed by atoms with Crippen LogP contribution < -0.4 is 10.6 Å². The van der Waals surface area contributed by atoms with Gasteiger partial charge in [0.05, 0.1) is 6.20 Å².